The fraction of sp³-hybridized carbons (Fsp3) is 0.333. The molecule has 17 heavy (non-hydrogen) atoms. The highest BCUT2D eigenvalue weighted by atomic mass is 79.9. The molecule has 0 saturated heterocycles. The Morgan fingerprint density at radius 2 is 2.00 bits per heavy atom. The van der Waals surface area contributed by atoms with Gasteiger partial charge >= 0.3 is 5.97 Å². The van der Waals surface area contributed by atoms with Crippen LogP contribution in [0.5, 0.6) is 0 Å². The molecule has 0 atom stereocenters. The molecule has 3 nitrogen and oxygen atoms in total. The summed E-state index contributed by atoms with van der Waals surface area (Å²) in [6.07, 6.45) is 0.316. The first-order chi connectivity index (χ1) is 8.13. The van der Waals surface area contributed by atoms with Crippen LogP contribution in [-0.4, -0.2) is 24.2 Å². The highest BCUT2D eigenvalue weighted by Gasteiger charge is 2.15. The highest BCUT2D eigenvalue weighted by Crippen LogP contribution is 2.20. The van der Waals surface area contributed by atoms with Crippen molar-refractivity contribution in [2.45, 2.75) is 11.8 Å². The van der Waals surface area contributed by atoms with Gasteiger partial charge in [-0.2, -0.15) is 0 Å². The van der Waals surface area contributed by atoms with Crippen LogP contribution in [0.3, 0.4) is 0 Å². The molecule has 0 bridgehead atoms. The van der Waals surface area contributed by atoms with Crippen LogP contribution in [0.25, 0.3) is 0 Å². The van der Waals surface area contributed by atoms with E-state index in [0.29, 0.717) is 22.6 Å². The van der Waals surface area contributed by atoms with E-state index in [4.69, 9.17) is 4.74 Å². The second kappa shape index (κ2) is 6.91. The van der Waals surface area contributed by atoms with Crippen LogP contribution in [0.4, 0.5) is 0 Å². The van der Waals surface area contributed by atoms with Gasteiger partial charge < -0.3 is 4.74 Å². The van der Waals surface area contributed by atoms with Crippen molar-refractivity contribution in [2.75, 3.05) is 12.4 Å². The first kappa shape index (κ1) is 14.4. The molecule has 0 amide bonds. The number of carbonyl (C=O) groups excluding carboxylic acids is 2. The number of ether oxygens (including phenoxy) is 1. The van der Waals surface area contributed by atoms with Gasteiger partial charge in [0.25, 0.3) is 0 Å². The molecule has 5 heteroatoms. The molecule has 0 radical (unpaired) electrons. The van der Waals surface area contributed by atoms with E-state index in [9.17, 15) is 9.59 Å². The number of halogens is 2. The molecule has 0 aliphatic rings. The lowest BCUT2D eigenvalue weighted by atomic mass is 9.99. The summed E-state index contributed by atoms with van der Waals surface area (Å²) in [7, 11) is 1.34. The fourth-order valence-electron chi connectivity index (χ4n) is 1.52. The third-order valence-corrected chi connectivity index (χ3v) is 3.53. The Labute approximate surface area is 117 Å². The minimum atomic E-state index is -0.382. The summed E-state index contributed by atoms with van der Waals surface area (Å²) in [6.45, 7) is 0. The van der Waals surface area contributed by atoms with E-state index in [1.54, 1.807) is 12.1 Å². The van der Waals surface area contributed by atoms with Gasteiger partial charge in [-0.15, -0.1) is 0 Å². The number of ketones is 1. The van der Waals surface area contributed by atoms with Crippen LogP contribution in [-0.2, 0) is 21.3 Å². The molecule has 0 fully saturated rings. The lowest BCUT2D eigenvalue weighted by Gasteiger charge is -2.10. The molecule has 0 N–H and O–H groups in total. The molecule has 92 valence electrons. The van der Waals surface area contributed by atoms with Crippen molar-refractivity contribution in [3.8, 4) is 0 Å². The van der Waals surface area contributed by atoms with Crippen molar-refractivity contribution in [1.82, 2.24) is 0 Å². The number of hydrogen-bond donors (Lipinski definition) is 0. The van der Waals surface area contributed by atoms with E-state index in [-0.39, 0.29) is 11.8 Å². The molecule has 0 aromatic heterocycles. The number of benzene rings is 1. The first-order valence-electron chi connectivity index (χ1n) is 4.96. The molecule has 1 aromatic rings. The van der Waals surface area contributed by atoms with Gasteiger partial charge in [-0.05, 0) is 17.2 Å². The molecular formula is C12H12Br2O3. The zero-order valence-corrected chi connectivity index (χ0v) is 12.5. The topological polar surface area (TPSA) is 43.4 Å². The molecule has 0 unspecified atom stereocenters. The summed E-state index contributed by atoms with van der Waals surface area (Å²) in [5.41, 5.74) is 2.17. The third kappa shape index (κ3) is 3.64. The number of hydrogen-bond acceptors (Lipinski definition) is 3. The van der Waals surface area contributed by atoms with Gasteiger partial charge in [-0.1, -0.05) is 44.0 Å². The van der Waals surface area contributed by atoms with E-state index in [1.807, 2.05) is 6.07 Å². The Morgan fingerprint density at radius 3 is 2.53 bits per heavy atom. The summed E-state index contributed by atoms with van der Waals surface area (Å²) in [6, 6.07) is 5.31. The summed E-state index contributed by atoms with van der Waals surface area (Å²) >= 11 is 6.46. The van der Waals surface area contributed by atoms with Crippen LogP contribution in [0.1, 0.15) is 21.5 Å². The van der Waals surface area contributed by atoms with Crippen molar-refractivity contribution in [2.24, 2.45) is 0 Å². The lowest BCUT2D eigenvalue weighted by Crippen LogP contribution is -2.10. The zero-order valence-electron chi connectivity index (χ0n) is 9.33. The normalized spacial score (nSPS) is 10.1. The average molecular weight is 364 g/mol. The van der Waals surface area contributed by atoms with Gasteiger partial charge in [-0.25, -0.2) is 4.79 Å². The average Bonchev–Trinajstić information content (AvgIpc) is 2.37. The second-order valence-corrected chi connectivity index (χ2v) is 4.54. The molecule has 0 spiro atoms. The summed E-state index contributed by atoms with van der Waals surface area (Å²) in [4.78, 5) is 23.0. The summed E-state index contributed by atoms with van der Waals surface area (Å²) < 4.78 is 4.71. The standard InChI is InChI=1S/C12H12Br2O3/c1-17-12(16)10-4-2-3-8(11(10)7-14)5-9(15)6-13/h2-4H,5-7H2,1H3. The minimum Gasteiger partial charge on any atom is -0.465 e. The van der Waals surface area contributed by atoms with Crippen molar-refractivity contribution >= 4 is 43.6 Å². The van der Waals surface area contributed by atoms with Crippen LogP contribution in [0, 0.1) is 0 Å². The maximum Gasteiger partial charge on any atom is 0.338 e. The quantitative estimate of drug-likeness (QED) is 0.596. The molecular weight excluding hydrogens is 352 g/mol. The van der Waals surface area contributed by atoms with Crippen molar-refractivity contribution in [1.29, 1.82) is 0 Å². The second-order valence-electron chi connectivity index (χ2n) is 3.42. The number of methoxy groups -OCH3 is 1. The van der Waals surface area contributed by atoms with Crippen LogP contribution < -0.4 is 0 Å². The Bertz CT molecular complexity index is 430. The molecule has 0 aliphatic heterocycles. The van der Waals surface area contributed by atoms with Gasteiger partial charge in [-0.3, -0.25) is 4.79 Å². The van der Waals surface area contributed by atoms with Gasteiger partial charge in [0.2, 0.25) is 0 Å². The van der Waals surface area contributed by atoms with Crippen molar-refractivity contribution in [3.63, 3.8) is 0 Å². The molecule has 0 aliphatic carbocycles. The SMILES string of the molecule is COC(=O)c1cccc(CC(=O)CBr)c1CBr. The van der Waals surface area contributed by atoms with Gasteiger partial charge in [0, 0.05) is 11.8 Å². The van der Waals surface area contributed by atoms with Crippen LogP contribution >= 0.6 is 31.9 Å². The smallest absolute Gasteiger partial charge is 0.338 e. The maximum atomic E-state index is 11.6. The molecule has 0 saturated carbocycles. The number of rotatable bonds is 5. The third-order valence-electron chi connectivity index (χ3n) is 2.35. The van der Waals surface area contributed by atoms with Crippen LogP contribution in [0.15, 0.2) is 18.2 Å². The first-order valence-corrected chi connectivity index (χ1v) is 7.21. The van der Waals surface area contributed by atoms with E-state index in [1.165, 1.54) is 7.11 Å². The minimum absolute atomic E-state index is 0.0780. The summed E-state index contributed by atoms with van der Waals surface area (Å²) in [5.74, 6) is -0.304. The molecule has 0 heterocycles. The molecule has 1 aromatic carbocycles. The Hall–Kier alpha value is -0.680. The van der Waals surface area contributed by atoms with Crippen molar-refractivity contribution < 1.29 is 14.3 Å². The largest absolute Gasteiger partial charge is 0.465 e. The van der Waals surface area contributed by atoms with Crippen molar-refractivity contribution in [3.05, 3.63) is 34.9 Å². The van der Waals surface area contributed by atoms with Gasteiger partial charge in [0.15, 0.2) is 0 Å². The predicted octanol–water partition coefficient (Wildman–Crippen LogP) is 2.87. The van der Waals surface area contributed by atoms with Gasteiger partial charge in [0.05, 0.1) is 18.0 Å². The Kier molecular flexibility index (Phi) is 5.85. The van der Waals surface area contributed by atoms with E-state index < -0.39 is 0 Å². The van der Waals surface area contributed by atoms with Crippen LogP contribution in [0.2, 0.25) is 0 Å². The monoisotopic (exact) mass is 362 g/mol. The molecule has 1 rings (SSSR count). The number of esters is 1. The number of carbonyl (C=O) groups is 2. The highest BCUT2D eigenvalue weighted by molar-refractivity contribution is 9.09. The lowest BCUT2D eigenvalue weighted by molar-refractivity contribution is -0.115. The summed E-state index contributed by atoms with van der Waals surface area (Å²) in [5, 5.41) is 0.834. The van der Waals surface area contributed by atoms with Gasteiger partial charge in [0.1, 0.15) is 5.78 Å². The Morgan fingerprint density at radius 1 is 1.29 bits per heavy atom. The Balaban J connectivity index is 3.14. The predicted molar refractivity (Wildman–Crippen MR) is 72.9 cm³/mol. The fourth-order valence-corrected chi connectivity index (χ4v) is 2.38. The zero-order chi connectivity index (χ0) is 12.8. The van der Waals surface area contributed by atoms with E-state index >= 15 is 0 Å². The number of Topliss-reactive ketones (excluding diaryl/α,β-unsaturated/α-hetero) is 1. The van der Waals surface area contributed by atoms with E-state index in [0.717, 1.165) is 11.1 Å². The maximum absolute atomic E-state index is 11.6. The van der Waals surface area contributed by atoms with E-state index in [2.05, 4.69) is 31.9 Å². The number of alkyl halides is 2.